The predicted octanol–water partition coefficient (Wildman–Crippen LogP) is 0.382. The lowest BCUT2D eigenvalue weighted by atomic mass is 10.3. The minimum atomic E-state index is -1.00. The Kier molecular flexibility index (Phi) is 4.58. The molecule has 2 rings (SSSR count). The molecule has 0 saturated heterocycles. The average molecular weight is 319 g/mol. The Morgan fingerprint density at radius 2 is 2.04 bits per heavy atom. The highest BCUT2D eigenvalue weighted by molar-refractivity contribution is 6.37. The number of aromatic amines is 1. The maximum absolute atomic E-state index is 11.9. The van der Waals surface area contributed by atoms with Gasteiger partial charge in [-0.3, -0.25) is 14.6 Å². The van der Waals surface area contributed by atoms with E-state index in [1.807, 2.05) is 0 Å². The first-order valence-electron chi connectivity index (χ1n) is 6.96. The monoisotopic (exact) mass is 319 g/mol. The van der Waals surface area contributed by atoms with Crippen molar-refractivity contribution in [2.75, 3.05) is 11.9 Å². The summed E-state index contributed by atoms with van der Waals surface area (Å²) in [7, 11) is 0. The number of carbonyl (C=O) groups excluding carboxylic acids is 2. The van der Waals surface area contributed by atoms with Crippen molar-refractivity contribution in [2.24, 2.45) is 0 Å². The van der Waals surface area contributed by atoms with Gasteiger partial charge >= 0.3 is 11.9 Å². The molecule has 0 aliphatic rings. The molecule has 1 amide bonds. The number of nitrogens with one attached hydrogen (secondary N) is 2. The van der Waals surface area contributed by atoms with E-state index in [1.54, 1.807) is 33.8 Å². The summed E-state index contributed by atoms with van der Waals surface area (Å²) in [6.45, 7) is 6.75. The van der Waals surface area contributed by atoms with Crippen LogP contribution in [-0.4, -0.2) is 38.2 Å². The smallest absolute Gasteiger partial charge is 0.397 e. The molecule has 2 N–H and O–H groups in total. The van der Waals surface area contributed by atoms with Crippen molar-refractivity contribution in [1.29, 1.82) is 0 Å². The lowest BCUT2D eigenvalue weighted by Gasteiger charge is -2.08. The van der Waals surface area contributed by atoms with Gasteiger partial charge in [0.15, 0.2) is 0 Å². The van der Waals surface area contributed by atoms with Crippen LogP contribution in [0.5, 0.6) is 0 Å². The highest BCUT2D eigenvalue weighted by Gasteiger charge is 2.19. The molecule has 0 fully saturated rings. The van der Waals surface area contributed by atoms with E-state index in [9.17, 15) is 14.4 Å². The Morgan fingerprint density at radius 3 is 2.65 bits per heavy atom. The number of aromatic nitrogens is 4. The number of aryl methyl sites for hydroxylation is 2. The predicted molar refractivity (Wildman–Crippen MR) is 81.5 cm³/mol. The molecule has 0 saturated carbocycles. The molecule has 122 valence electrons. The highest BCUT2D eigenvalue weighted by Crippen LogP contribution is 2.14. The molecule has 0 unspecified atom stereocenters. The van der Waals surface area contributed by atoms with Crippen LogP contribution in [0.1, 0.15) is 23.9 Å². The van der Waals surface area contributed by atoms with Gasteiger partial charge in [0, 0.05) is 17.3 Å². The van der Waals surface area contributed by atoms with Crippen molar-refractivity contribution in [3.63, 3.8) is 0 Å². The fourth-order valence-corrected chi connectivity index (χ4v) is 1.84. The lowest BCUT2D eigenvalue weighted by Crippen LogP contribution is -2.27. The number of rotatable bonds is 3. The number of ether oxygens (including phenoxy) is 1. The van der Waals surface area contributed by atoms with Crippen molar-refractivity contribution in [2.45, 2.75) is 27.7 Å². The van der Waals surface area contributed by atoms with Gasteiger partial charge in [0.2, 0.25) is 5.95 Å². The van der Waals surface area contributed by atoms with E-state index in [4.69, 9.17) is 0 Å². The van der Waals surface area contributed by atoms with Crippen LogP contribution in [0.15, 0.2) is 10.9 Å². The zero-order valence-electron chi connectivity index (χ0n) is 13.3. The number of esters is 1. The summed E-state index contributed by atoms with van der Waals surface area (Å²) < 4.78 is 5.88. The van der Waals surface area contributed by atoms with Crippen molar-refractivity contribution in [1.82, 2.24) is 19.7 Å². The second-order valence-corrected chi connectivity index (χ2v) is 4.86. The van der Waals surface area contributed by atoms with Crippen molar-refractivity contribution in [3.05, 3.63) is 33.4 Å². The van der Waals surface area contributed by atoms with E-state index in [1.165, 1.54) is 4.68 Å². The van der Waals surface area contributed by atoms with E-state index in [0.717, 1.165) is 0 Å². The van der Waals surface area contributed by atoms with E-state index >= 15 is 0 Å². The van der Waals surface area contributed by atoms with Crippen LogP contribution < -0.4 is 10.9 Å². The fourth-order valence-electron chi connectivity index (χ4n) is 1.84. The molecule has 9 heteroatoms. The van der Waals surface area contributed by atoms with Gasteiger partial charge in [-0.1, -0.05) is 0 Å². The molecule has 0 aliphatic carbocycles. The minimum absolute atomic E-state index is 0.0938. The van der Waals surface area contributed by atoms with Crippen LogP contribution >= 0.6 is 0 Å². The largest absolute Gasteiger partial charge is 0.459 e. The first-order chi connectivity index (χ1) is 10.8. The Bertz CT molecular complexity index is 821. The number of hydrogen-bond donors (Lipinski definition) is 2. The van der Waals surface area contributed by atoms with Crippen molar-refractivity contribution >= 4 is 17.7 Å². The summed E-state index contributed by atoms with van der Waals surface area (Å²) in [5, 5.41) is 6.56. The molecular formula is C14H17N5O4. The third kappa shape index (κ3) is 3.44. The number of amides is 1. The minimum Gasteiger partial charge on any atom is -0.459 e. The van der Waals surface area contributed by atoms with E-state index < -0.39 is 11.9 Å². The number of anilines is 1. The zero-order valence-corrected chi connectivity index (χ0v) is 13.3. The molecular weight excluding hydrogens is 302 g/mol. The Hall–Kier alpha value is -2.97. The summed E-state index contributed by atoms with van der Waals surface area (Å²) in [6.07, 6.45) is 0. The molecule has 2 heterocycles. The van der Waals surface area contributed by atoms with Crippen LogP contribution in [0.4, 0.5) is 5.82 Å². The van der Waals surface area contributed by atoms with Gasteiger partial charge < -0.3 is 10.1 Å². The van der Waals surface area contributed by atoms with Crippen LogP contribution in [0.3, 0.4) is 0 Å². The molecule has 0 spiro atoms. The van der Waals surface area contributed by atoms with Gasteiger partial charge in [-0.05, 0) is 27.7 Å². The Labute approximate surface area is 131 Å². The maximum Gasteiger partial charge on any atom is 0.397 e. The number of nitrogens with zero attached hydrogens (tertiary/aromatic N) is 3. The molecule has 2 aromatic rings. The van der Waals surface area contributed by atoms with E-state index in [2.05, 4.69) is 25.1 Å². The van der Waals surface area contributed by atoms with Crippen molar-refractivity contribution in [3.8, 4) is 5.95 Å². The standard InChI is InChI=1S/C14H17N5O4/c1-5-23-13(22)12(21)16-10-6-7(2)18-19(10)14-15-9(4)8(3)11(20)17-14/h6H,5H2,1-4H3,(H,16,21)(H,15,17,20). The Morgan fingerprint density at radius 1 is 1.35 bits per heavy atom. The second-order valence-electron chi connectivity index (χ2n) is 4.86. The second kappa shape index (κ2) is 6.42. The Balaban J connectivity index is 2.40. The van der Waals surface area contributed by atoms with Crippen LogP contribution in [0, 0.1) is 20.8 Å². The zero-order chi connectivity index (χ0) is 17.1. The summed E-state index contributed by atoms with van der Waals surface area (Å²) >= 11 is 0. The first-order valence-corrected chi connectivity index (χ1v) is 6.96. The lowest BCUT2D eigenvalue weighted by molar-refractivity contribution is -0.152. The number of hydrogen-bond acceptors (Lipinski definition) is 6. The maximum atomic E-state index is 11.9. The fraction of sp³-hybridized carbons (Fsp3) is 0.357. The molecule has 0 atom stereocenters. The SMILES string of the molecule is CCOC(=O)C(=O)Nc1cc(C)nn1-c1nc(C)c(C)c(=O)[nH]1. The summed E-state index contributed by atoms with van der Waals surface area (Å²) in [6, 6.07) is 1.55. The van der Waals surface area contributed by atoms with Crippen LogP contribution in [0.2, 0.25) is 0 Å². The van der Waals surface area contributed by atoms with Gasteiger partial charge in [0.25, 0.3) is 5.56 Å². The van der Waals surface area contributed by atoms with Gasteiger partial charge in [-0.2, -0.15) is 9.78 Å². The van der Waals surface area contributed by atoms with Gasteiger partial charge in [-0.25, -0.2) is 9.78 Å². The average Bonchev–Trinajstić information content (AvgIpc) is 2.85. The quantitative estimate of drug-likeness (QED) is 0.623. The highest BCUT2D eigenvalue weighted by atomic mass is 16.5. The first kappa shape index (κ1) is 16.4. The molecule has 0 aliphatic heterocycles. The molecule has 23 heavy (non-hydrogen) atoms. The van der Waals surface area contributed by atoms with E-state index in [-0.39, 0.29) is 23.9 Å². The van der Waals surface area contributed by atoms with Gasteiger partial charge in [0.05, 0.1) is 12.3 Å². The summed E-state index contributed by atoms with van der Waals surface area (Å²) in [5.41, 5.74) is 1.31. The number of H-pyrrole nitrogens is 1. The third-order valence-corrected chi connectivity index (χ3v) is 3.12. The summed E-state index contributed by atoms with van der Waals surface area (Å²) in [4.78, 5) is 41.9. The molecule has 9 nitrogen and oxygen atoms in total. The van der Waals surface area contributed by atoms with Gasteiger partial charge in [-0.15, -0.1) is 0 Å². The molecule has 0 aromatic carbocycles. The topological polar surface area (TPSA) is 119 Å². The molecule has 0 radical (unpaired) electrons. The molecule has 2 aromatic heterocycles. The molecule has 0 bridgehead atoms. The number of carbonyl (C=O) groups is 2. The third-order valence-electron chi connectivity index (χ3n) is 3.12. The van der Waals surface area contributed by atoms with Gasteiger partial charge in [0.1, 0.15) is 5.82 Å². The summed E-state index contributed by atoms with van der Waals surface area (Å²) in [5.74, 6) is -1.59. The van der Waals surface area contributed by atoms with Crippen LogP contribution in [0.25, 0.3) is 5.95 Å². The van der Waals surface area contributed by atoms with E-state index in [0.29, 0.717) is 17.0 Å². The van der Waals surface area contributed by atoms with Crippen molar-refractivity contribution < 1.29 is 14.3 Å². The normalized spacial score (nSPS) is 10.4. The van der Waals surface area contributed by atoms with Crippen LogP contribution in [-0.2, 0) is 14.3 Å².